The lowest BCUT2D eigenvalue weighted by Gasteiger charge is -2.45. The lowest BCUT2D eigenvalue weighted by Crippen LogP contribution is -2.60. The maximum atomic E-state index is 12.9. The van der Waals surface area contributed by atoms with Gasteiger partial charge in [-0.2, -0.15) is 0 Å². The Morgan fingerprint density at radius 2 is 2.07 bits per heavy atom. The van der Waals surface area contributed by atoms with Gasteiger partial charge in [0.15, 0.2) is 0 Å². The van der Waals surface area contributed by atoms with Crippen LogP contribution in [0.1, 0.15) is 12.0 Å². The molecule has 0 saturated carbocycles. The number of benzene rings is 1. The topological polar surface area (TPSA) is 82.2 Å². The summed E-state index contributed by atoms with van der Waals surface area (Å²) in [4.78, 5) is 16.9. The maximum absolute atomic E-state index is 12.9. The van der Waals surface area contributed by atoms with Gasteiger partial charge in [-0.25, -0.2) is 13.2 Å². The van der Waals surface area contributed by atoms with Crippen molar-refractivity contribution in [2.75, 3.05) is 55.7 Å². The zero-order valence-electron chi connectivity index (χ0n) is 15.7. The molecule has 2 fully saturated rings. The summed E-state index contributed by atoms with van der Waals surface area (Å²) in [5.74, 6) is 0. The zero-order valence-corrected chi connectivity index (χ0v) is 16.5. The van der Waals surface area contributed by atoms with Crippen molar-refractivity contribution in [1.29, 1.82) is 0 Å². The molecule has 0 aliphatic carbocycles. The molecule has 3 aliphatic heterocycles. The summed E-state index contributed by atoms with van der Waals surface area (Å²) >= 11 is 0. The van der Waals surface area contributed by atoms with Gasteiger partial charge in [0.25, 0.3) is 0 Å². The summed E-state index contributed by atoms with van der Waals surface area (Å²) < 4.78 is 31.2. The van der Waals surface area contributed by atoms with E-state index in [0.717, 1.165) is 25.1 Å². The van der Waals surface area contributed by atoms with Crippen LogP contribution < -0.4 is 9.62 Å². The highest BCUT2D eigenvalue weighted by Crippen LogP contribution is 2.35. The van der Waals surface area contributed by atoms with Crippen LogP contribution in [0.2, 0.25) is 0 Å². The van der Waals surface area contributed by atoms with E-state index < -0.39 is 10.0 Å². The van der Waals surface area contributed by atoms with Crippen molar-refractivity contribution in [1.82, 2.24) is 9.80 Å². The van der Waals surface area contributed by atoms with E-state index in [2.05, 4.69) is 17.3 Å². The summed E-state index contributed by atoms with van der Waals surface area (Å²) in [5.41, 5.74) is 2.23. The van der Waals surface area contributed by atoms with Crippen LogP contribution in [0.5, 0.6) is 0 Å². The number of sulfonamides is 1. The Bertz CT molecular complexity index is 844. The van der Waals surface area contributed by atoms with Crippen molar-refractivity contribution in [3.05, 3.63) is 23.8 Å². The van der Waals surface area contributed by atoms with E-state index >= 15 is 0 Å². The molecule has 0 spiro atoms. The van der Waals surface area contributed by atoms with Crippen molar-refractivity contribution in [2.24, 2.45) is 0 Å². The molecule has 0 aromatic heterocycles. The SMILES string of the molecule is CN1CCOC2CCN(C(=O)Nc3cccc4c3CCN4S(C)(=O)=O)CC21. The minimum atomic E-state index is -3.31. The second kappa shape index (κ2) is 6.96. The molecule has 1 aromatic rings. The third-order valence-corrected chi connectivity index (χ3v) is 6.96. The standard InChI is InChI=1S/C18H26N4O4S/c1-20-10-11-26-17-7-8-21(12-16(17)20)18(23)19-14-4-3-5-15-13(14)6-9-22(15)27(2,24)25/h3-5,16-17H,6-12H2,1-2H3,(H,19,23). The Labute approximate surface area is 160 Å². The molecule has 8 nitrogen and oxygen atoms in total. The van der Waals surface area contributed by atoms with Crippen LogP contribution in [0.3, 0.4) is 0 Å². The van der Waals surface area contributed by atoms with Crippen LogP contribution >= 0.6 is 0 Å². The van der Waals surface area contributed by atoms with Gasteiger partial charge in [-0.15, -0.1) is 0 Å². The van der Waals surface area contributed by atoms with Gasteiger partial charge in [0, 0.05) is 37.4 Å². The summed E-state index contributed by atoms with van der Waals surface area (Å²) in [6.07, 6.45) is 2.83. The summed E-state index contributed by atoms with van der Waals surface area (Å²) in [6.45, 7) is 3.33. The smallest absolute Gasteiger partial charge is 0.321 e. The summed E-state index contributed by atoms with van der Waals surface area (Å²) in [6, 6.07) is 5.50. The maximum Gasteiger partial charge on any atom is 0.321 e. The van der Waals surface area contributed by atoms with Crippen LogP contribution in [0.15, 0.2) is 18.2 Å². The number of morpholine rings is 1. The Kier molecular flexibility index (Phi) is 4.77. The van der Waals surface area contributed by atoms with E-state index in [4.69, 9.17) is 4.74 Å². The van der Waals surface area contributed by atoms with E-state index in [0.29, 0.717) is 37.4 Å². The third kappa shape index (κ3) is 3.51. The average molecular weight is 394 g/mol. The van der Waals surface area contributed by atoms with Gasteiger partial charge in [0.1, 0.15) is 0 Å². The number of ether oxygens (including phenoxy) is 1. The number of amides is 2. The second-order valence-corrected chi connectivity index (χ2v) is 9.42. The van der Waals surface area contributed by atoms with Crippen molar-refractivity contribution >= 4 is 27.4 Å². The first kappa shape index (κ1) is 18.5. The Morgan fingerprint density at radius 1 is 1.26 bits per heavy atom. The Morgan fingerprint density at radius 3 is 2.85 bits per heavy atom. The number of nitrogens with one attached hydrogen (secondary N) is 1. The van der Waals surface area contributed by atoms with Gasteiger partial charge in [-0.05, 0) is 32.0 Å². The number of fused-ring (bicyclic) bond motifs is 2. The van der Waals surface area contributed by atoms with Crippen LogP contribution in [0, 0.1) is 0 Å². The normalized spacial score (nSPS) is 25.9. The molecule has 3 aliphatic rings. The summed E-state index contributed by atoms with van der Waals surface area (Å²) in [5, 5.41) is 3.00. The third-order valence-electron chi connectivity index (χ3n) is 5.78. The van der Waals surface area contributed by atoms with E-state index in [-0.39, 0.29) is 18.2 Å². The van der Waals surface area contributed by atoms with Crippen molar-refractivity contribution in [3.8, 4) is 0 Å². The fourth-order valence-electron chi connectivity index (χ4n) is 4.29. The molecular formula is C18H26N4O4S. The first-order valence-electron chi connectivity index (χ1n) is 9.32. The van der Waals surface area contributed by atoms with Gasteiger partial charge >= 0.3 is 6.03 Å². The second-order valence-electron chi connectivity index (χ2n) is 7.51. The van der Waals surface area contributed by atoms with Gasteiger partial charge < -0.3 is 15.0 Å². The number of carbonyl (C=O) groups is 1. The average Bonchev–Trinajstić information content (AvgIpc) is 3.07. The monoisotopic (exact) mass is 394 g/mol. The first-order valence-corrected chi connectivity index (χ1v) is 11.2. The van der Waals surface area contributed by atoms with Crippen LogP contribution in [0.25, 0.3) is 0 Å². The molecule has 148 valence electrons. The van der Waals surface area contributed by atoms with Crippen molar-refractivity contribution in [3.63, 3.8) is 0 Å². The highest BCUT2D eigenvalue weighted by atomic mass is 32.2. The highest BCUT2D eigenvalue weighted by molar-refractivity contribution is 7.92. The largest absolute Gasteiger partial charge is 0.375 e. The van der Waals surface area contributed by atoms with Gasteiger partial charge in [-0.1, -0.05) is 6.07 Å². The Balaban J connectivity index is 1.49. The number of piperidine rings is 1. The molecule has 1 aromatic carbocycles. The molecular weight excluding hydrogens is 368 g/mol. The molecule has 9 heteroatoms. The number of nitrogens with zero attached hydrogens (tertiary/aromatic N) is 3. The minimum absolute atomic E-state index is 0.140. The van der Waals surface area contributed by atoms with Gasteiger partial charge in [-0.3, -0.25) is 9.21 Å². The number of carbonyl (C=O) groups excluding carboxylic acids is 1. The quantitative estimate of drug-likeness (QED) is 0.808. The number of likely N-dealkylation sites (tertiary alicyclic amines) is 1. The highest BCUT2D eigenvalue weighted by Gasteiger charge is 2.37. The van der Waals surface area contributed by atoms with Gasteiger partial charge in [0.05, 0.1) is 30.7 Å². The number of likely N-dealkylation sites (N-methyl/N-ethyl adjacent to an activating group) is 1. The molecule has 2 amide bonds. The lowest BCUT2D eigenvalue weighted by atomic mass is 9.99. The number of hydrogen-bond acceptors (Lipinski definition) is 5. The van der Waals surface area contributed by atoms with Crippen LogP contribution in [-0.2, 0) is 21.2 Å². The molecule has 2 atom stereocenters. The molecule has 0 bridgehead atoms. The molecule has 0 radical (unpaired) electrons. The summed E-state index contributed by atoms with van der Waals surface area (Å²) in [7, 11) is -1.24. The molecule has 2 unspecified atom stereocenters. The molecule has 4 rings (SSSR count). The van der Waals surface area contributed by atoms with Gasteiger partial charge in [0.2, 0.25) is 10.0 Å². The fraction of sp³-hybridized carbons (Fsp3) is 0.611. The first-order chi connectivity index (χ1) is 12.8. The molecule has 2 saturated heterocycles. The van der Waals surface area contributed by atoms with Crippen molar-refractivity contribution in [2.45, 2.75) is 25.0 Å². The van der Waals surface area contributed by atoms with E-state index in [1.807, 2.05) is 11.0 Å². The molecule has 3 heterocycles. The number of hydrogen-bond donors (Lipinski definition) is 1. The van der Waals surface area contributed by atoms with E-state index in [9.17, 15) is 13.2 Å². The zero-order chi connectivity index (χ0) is 19.2. The number of rotatable bonds is 2. The van der Waals surface area contributed by atoms with E-state index in [1.165, 1.54) is 10.6 Å². The molecule has 27 heavy (non-hydrogen) atoms. The predicted molar refractivity (Wildman–Crippen MR) is 104 cm³/mol. The van der Waals surface area contributed by atoms with Crippen LogP contribution in [0.4, 0.5) is 16.2 Å². The van der Waals surface area contributed by atoms with Crippen molar-refractivity contribution < 1.29 is 17.9 Å². The number of urea groups is 1. The number of anilines is 2. The minimum Gasteiger partial charge on any atom is -0.375 e. The molecule has 1 N–H and O–H groups in total. The van der Waals surface area contributed by atoms with E-state index in [1.54, 1.807) is 12.1 Å². The Hall–Kier alpha value is -1.84. The predicted octanol–water partition coefficient (Wildman–Crippen LogP) is 0.946. The lowest BCUT2D eigenvalue weighted by molar-refractivity contribution is -0.0875. The fourth-order valence-corrected chi connectivity index (χ4v) is 5.24. The van der Waals surface area contributed by atoms with Crippen LogP contribution in [-0.4, -0.2) is 82.5 Å².